The molecule has 9 heavy (non-hydrogen) atoms. The van der Waals surface area contributed by atoms with E-state index < -0.39 is 0 Å². The standard InChI is InChI=1S/C8H11N/c1-8(2)5-3-7(9)4-6-8/h3-6,9H,1-2H3. The van der Waals surface area contributed by atoms with E-state index in [1.807, 2.05) is 24.3 Å². The van der Waals surface area contributed by atoms with Gasteiger partial charge in [0.25, 0.3) is 0 Å². The minimum atomic E-state index is 0.157. The molecule has 0 aliphatic heterocycles. The Balaban J connectivity index is 2.82. The van der Waals surface area contributed by atoms with Crippen LogP contribution in [0.1, 0.15) is 13.8 Å². The van der Waals surface area contributed by atoms with Crippen LogP contribution < -0.4 is 0 Å². The molecule has 0 amide bonds. The molecule has 1 aliphatic rings. The SMILES string of the molecule is CC1(C)C=CC(=N)C=C1. The van der Waals surface area contributed by atoms with Gasteiger partial charge in [0.15, 0.2) is 0 Å². The molecule has 1 heteroatoms. The molecule has 0 bridgehead atoms. The largest absolute Gasteiger partial charge is 0.301 e. The fourth-order valence-electron chi connectivity index (χ4n) is 0.720. The minimum absolute atomic E-state index is 0.157. The van der Waals surface area contributed by atoms with Crippen molar-refractivity contribution >= 4 is 5.71 Å². The molecule has 48 valence electrons. The Morgan fingerprint density at radius 3 is 2.00 bits per heavy atom. The third kappa shape index (κ3) is 1.53. The summed E-state index contributed by atoms with van der Waals surface area (Å²) in [6.45, 7) is 4.24. The molecule has 1 N–H and O–H groups in total. The van der Waals surface area contributed by atoms with E-state index in [2.05, 4.69) is 13.8 Å². The van der Waals surface area contributed by atoms with E-state index in [0.29, 0.717) is 5.71 Å². The Labute approximate surface area is 55.6 Å². The fraction of sp³-hybridized carbons (Fsp3) is 0.375. The van der Waals surface area contributed by atoms with Gasteiger partial charge in [-0.3, -0.25) is 0 Å². The van der Waals surface area contributed by atoms with Gasteiger partial charge in [0.2, 0.25) is 0 Å². The van der Waals surface area contributed by atoms with Crippen LogP contribution >= 0.6 is 0 Å². The number of rotatable bonds is 0. The summed E-state index contributed by atoms with van der Waals surface area (Å²) < 4.78 is 0. The lowest BCUT2D eigenvalue weighted by Gasteiger charge is -2.16. The molecule has 0 aromatic rings. The molecule has 0 aromatic carbocycles. The van der Waals surface area contributed by atoms with Crippen molar-refractivity contribution in [1.82, 2.24) is 0 Å². The average Bonchev–Trinajstić information content (AvgIpc) is 1.78. The molecule has 0 radical (unpaired) electrons. The fourth-order valence-corrected chi connectivity index (χ4v) is 0.720. The van der Waals surface area contributed by atoms with Gasteiger partial charge >= 0.3 is 0 Å². The van der Waals surface area contributed by atoms with Gasteiger partial charge in [-0.15, -0.1) is 0 Å². The van der Waals surface area contributed by atoms with E-state index in [-0.39, 0.29) is 5.41 Å². The maximum absolute atomic E-state index is 7.19. The van der Waals surface area contributed by atoms with E-state index in [1.54, 1.807) is 0 Å². The zero-order valence-corrected chi connectivity index (χ0v) is 5.81. The molecule has 0 spiro atoms. The van der Waals surface area contributed by atoms with E-state index in [0.717, 1.165) is 0 Å². The molecule has 0 saturated carbocycles. The Hall–Kier alpha value is -0.850. The second kappa shape index (κ2) is 1.83. The quantitative estimate of drug-likeness (QED) is 0.507. The van der Waals surface area contributed by atoms with Gasteiger partial charge in [-0.05, 0) is 12.2 Å². The lowest BCUT2D eigenvalue weighted by atomic mass is 9.89. The zero-order chi connectivity index (χ0) is 6.91. The van der Waals surface area contributed by atoms with Crippen LogP contribution in [-0.4, -0.2) is 5.71 Å². The molecule has 0 atom stereocenters. The average molecular weight is 121 g/mol. The third-order valence-electron chi connectivity index (χ3n) is 1.38. The van der Waals surface area contributed by atoms with Crippen molar-refractivity contribution in [2.45, 2.75) is 13.8 Å². The molecule has 0 fully saturated rings. The van der Waals surface area contributed by atoms with Crippen LogP contribution in [0.3, 0.4) is 0 Å². The van der Waals surface area contributed by atoms with Crippen LogP contribution in [0.15, 0.2) is 24.3 Å². The van der Waals surface area contributed by atoms with Gasteiger partial charge in [0, 0.05) is 5.41 Å². The zero-order valence-electron chi connectivity index (χ0n) is 5.81. The summed E-state index contributed by atoms with van der Waals surface area (Å²) in [6.07, 6.45) is 7.74. The molecule has 0 unspecified atom stereocenters. The third-order valence-corrected chi connectivity index (χ3v) is 1.38. The van der Waals surface area contributed by atoms with Gasteiger partial charge in [0.1, 0.15) is 0 Å². The highest BCUT2D eigenvalue weighted by atomic mass is 14.4. The summed E-state index contributed by atoms with van der Waals surface area (Å²) in [5.41, 5.74) is 0.749. The van der Waals surface area contributed by atoms with Crippen molar-refractivity contribution in [2.24, 2.45) is 5.41 Å². The van der Waals surface area contributed by atoms with Crippen LogP contribution in [0.4, 0.5) is 0 Å². The highest BCUT2D eigenvalue weighted by Gasteiger charge is 2.11. The summed E-state index contributed by atoms with van der Waals surface area (Å²) in [4.78, 5) is 0. The van der Waals surface area contributed by atoms with Gasteiger partial charge in [-0.2, -0.15) is 0 Å². The molecule has 1 rings (SSSR count). The van der Waals surface area contributed by atoms with Crippen molar-refractivity contribution < 1.29 is 0 Å². The summed E-state index contributed by atoms with van der Waals surface area (Å²) in [5, 5.41) is 7.19. The van der Waals surface area contributed by atoms with Crippen LogP contribution in [-0.2, 0) is 0 Å². The minimum Gasteiger partial charge on any atom is -0.301 e. The van der Waals surface area contributed by atoms with Crippen LogP contribution in [0, 0.1) is 10.8 Å². The molecule has 1 nitrogen and oxygen atoms in total. The highest BCUT2D eigenvalue weighted by molar-refractivity contribution is 6.02. The molecule has 1 aliphatic carbocycles. The predicted octanol–water partition coefficient (Wildman–Crippen LogP) is 2.16. The van der Waals surface area contributed by atoms with Gasteiger partial charge in [-0.1, -0.05) is 26.0 Å². The first-order valence-electron chi connectivity index (χ1n) is 3.07. The van der Waals surface area contributed by atoms with E-state index in [4.69, 9.17) is 5.41 Å². The summed E-state index contributed by atoms with van der Waals surface area (Å²) >= 11 is 0. The first-order chi connectivity index (χ1) is 4.10. The number of hydrogen-bond donors (Lipinski definition) is 1. The monoisotopic (exact) mass is 121 g/mol. The van der Waals surface area contributed by atoms with Crippen molar-refractivity contribution in [2.75, 3.05) is 0 Å². The van der Waals surface area contributed by atoms with Gasteiger partial charge in [0.05, 0.1) is 5.71 Å². The van der Waals surface area contributed by atoms with Crippen LogP contribution in [0.2, 0.25) is 0 Å². The smallest absolute Gasteiger partial charge is 0.0534 e. The number of allylic oxidation sites excluding steroid dienone is 4. The lowest BCUT2D eigenvalue weighted by molar-refractivity contribution is 0.624. The summed E-state index contributed by atoms with van der Waals surface area (Å²) in [7, 11) is 0. The van der Waals surface area contributed by atoms with Gasteiger partial charge in [-0.25, -0.2) is 0 Å². The molecule has 0 aromatic heterocycles. The van der Waals surface area contributed by atoms with Crippen molar-refractivity contribution in [1.29, 1.82) is 5.41 Å². The Bertz CT molecular complexity index is 167. The molecular formula is C8H11N. The Morgan fingerprint density at radius 1 is 1.22 bits per heavy atom. The summed E-state index contributed by atoms with van der Waals surface area (Å²) in [6, 6.07) is 0. The number of nitrogens with one attached hydrogen (secondary N) is 1. The normalized spacial score (nSPS) is 22.7. The van der Waals surface area contributed by atoms with Crippen LogP contribution in [0.5, 0.6) is 0 Å². The first-order valence-corrected chi connectivity index (χ1v) is 3.07. The summed E-state index contributed by atoms with van der Waals surface area (Å²) in [5.74, 6) is 0. The highest BCUT2D eigenvalue weighted by Crippen LogP contribution is 2.21. The van der Waals surface area contributed by atoms with Crippen LogP contribution in [0.25, 0.3) is 0 Å². The maximum Gasteiger partial charge on any atom is 0.0534 e. The van der Waals surface area contributed by atoms with E-state index in [1.165, 1.54) is 0 Å². The Kier molecular flexibility index (Phi) is 1.28. The van der Waals surface area contributed by atoms with Crippen molar-refractivity contribution in [3.63, 3.8) is 0 Å². The van der Waals surface area contributed by atoms with Crippen molar-refractivity contribution in [3.05, 3.63) is 24.3 Å². The number of hydrogen-bond acceptors (Lipinski definition) is 1. The lowest BCUT2D eigenvalue weighted by Crippen LogP contribution is -2.07. The first kappa shape index (κ1) is 6.27. The Morgan fingerprint density at radius 2 is 1.67 bits per heavy atom. The predicted molar refractivity (Wildman–Crippen MR) is 39.8 cm³/mol. The second-order valence-electron chi connectivity index (χ2n) is 2.94. The molecule has 0 heterocycles. The van der Waals surface area contributed by atoms with E-state index >= 15 is 0 Å². The molecule has 0 saturated heterocycles. The van der Waals surface area contributed by atoms with E-state index in [9.17, 15) is 0 Å². The topological polar surface area (TPSA) is 23.9 Å². The molecular weight excluding hydrogens is 110 g/mol. The van der Waals surface area contributed by atoms with Gasteiger partial charge < -0.3 is 5.41 Å². The second-order valence-corrected chi connectivity index (χ2v) is 2.94. The maximum atomic E-state index is 7.19. The van der Waals surface area contributed by atoms with Crippen molar-refractivity contribution in [3.8, 4) is 0 Å².